The molecule has 1 N–H and O–H groups in total. The van der Waals surface area contributed by atoms with Crippen molar-refractivity contribution in [3.63, 3.8) is 0 Å². The first-order chi connectivity index (χ1) is 13.2. The summed E-state index contributed by atoms with van der Waals surface area (Å²) in [5.41, 5.74) is 2.78. The van der Waals surface area contributed by atoms with E-state index in [-0.39, 0.29) is 5.91 Å². The van der Waals surface area contributed by atoms with E-state index < -0.39 is 0 Å². The third kappa shape index (κ3) is 4.99. The second kappa shape index (κ2) is 8.27. The predicted octanol–water partition coefficient (Wildman–Crippen LogP) is 2.81. The van der Waals surface area contributed by atoms with Crippen molar-refractivity contribution in [3.05, 3.63) is 47.2 Å². The molecule has 6 nitrogen and oxygen atoms in total. The topological polar surface area (TPSA) is 67.3 Å². The predicted molar refractivity (Wildman–Crippen MR) is 106 cm³/mol. The molecule has 2 aliphatic rings. The molecule has 7 heteroatoms. The second-order valence-corrected chi connectivity index (χ2v) is 7.93. The summed E-state index contributed by atoms with van der Waals surface area (Å²) in [6.07, 6.45) is 2.19. The molecule has 1 saturated heterocycles. The lowest BCUT2D eigenvalue weighted by Crippen LogP contribution is -2.36. The molecule has 0 radical (unpaired) electrons. The van der Waals surface area contributed by atoms with Crippen LogP contribution in [0.1, 0.15) is 34.5 Å². The number of nitrogens with zero attached hydrogens (tertiary/aromatic N) is 3. The maximum Gasteiger partial charge on any atom is 0.251 e. The quantitative estimate of drug-likeness (QED) is 0.610. The molecule has 1 aliphatic carbocycles. The Morgan fingerprint density at radius 2 is 2.07 bits per heavy atom. The lowest BCUT2D eigenvalue weighted by atomic mass is 10.1. The van der Waals surface area contributed by atoms with Gasteiger partial charge in [0, 0.05) is 42.2 Å². The van der Waals surface area contributed by atoms with E-state index in [4.69, 9.17) is 9.72 Å². The molecule has 27 heavy (non-hydrogen) atoms. The van der Waals surface area contributed by atoms with Gasteiger partial charge in [-0.25, -0.2) is 9.97 Å². The first-order valence-corrected chi connectivity index (χ1v) is 10.4. The minimum absolute atomic E-state index is 0.0192. The number of aromatic nitrogens is 2. The smallest absolute Gasteiger partial charge is 0.251 e. The highest BCUT2D eigenvalue weighted by molar-refractivity contribution is 7.98. The van der Waals surface area contributed by atoms with Crippen LogP contribution in [-0.4, -0.2) is 48.2 Å². The van der Waals surface area contributed by atoms with Crippen molar-refractivity contribution < 1.29 is 9.53 Å². The maximum absolute atomic E-state index is 12.2. The van der Waals surface area contributed by atoms with Crippen molar-refractivity contribution in [2.45, 2.75) is 36.7 Å². The zero-order valence-electron chi connectivity index (χ0n) is 15.5. The van der Waals surface area contributed by atoms with Gasteiger partial charge in [0.1, 0.15) is 5.82 Å². The fraction of sp³-hybridized carbons (Fsp3) is 0.450. The van der Waals surface area contributed by atoms with Crippen molar-refractivity contribution in [3.8, 4) is 0 Å². The summed E-state index contributed by atoms with van der Waals surface area (Å²) in [6.45, 7) is 5.19. The van der Waals surface area contributed by atoms with E-state index in [1.54, 1.807) is 11.8 Å². The highest BCUT2D eigenvalue weighted by Gasteiger charge is 2.23. The number of hydrogen-bond donors (Lipinski definition) is 1. The molecule has 2 aromatic rings. The minimum Gasteiger partial charge on any atom is -0.378 e. The van der Waals surface area contributed by atoms with Crippen molar-refractivity contribution >= 4 is 23.5 Å². The summed E-state index contributed by atoms with van der Waals surface area (Å²) in [6, 6.07) is 10.2. The van der Waals surface area contributed by atoms with Crippen LogP contribution in [0.25, 0.3) is 0 Å². The van der Waals surface area contributed by atoms with Crippen LogP contribution in [0.15, 0.2) is 35.5 Å². The van der Waals surface area contributed by atoms with Crippen molar-refractivity contribution in [2.24, 2.45) is 0 Å². The molecule has 1 aromatic carbocycles. The molecule has 0 bridgehead atoms. The van der Waals surface area contributed by atoms with E-state index >= 15 is 0 Å². The third-order valence-electron chi connectivity index (χ3n) is 4.62. The molecule has 0 atom stereocenters. The van der Waals surface area contributed by atoms with Gasteiger partial charge in [-0.05, 0) is 37.5 Å². The number of thioether (sulfide) groups is 1. The maximum atomic E-state index is 12.2. The van der Waals surface area contributed by atoms with Crippen molar-refractivity contribution in [1.29, 1.82) is 0 Å². The molecule has 0 unspecified atom stereocenters. The molecule has 142 valence electrons. The first-order valence-electron chi connectivity index (χ1n) is 9.38. The van der Waals surface area contributed by atoms with Gasteiger partial charge in [-0.15, -0.1) is 0 Å². The zero-order chi connectivity index (χ0) is 18.6. The molecule has 4 rings (SSSR count). The Morgan fingerprint density at radius 1 is 1.26 bits per heavy atom. The standard InChI is InChI=1S/C20H24N4O2S/c1-14-11-18(24-7-9-26-10-8-24)23-20(21-14)27-13-15-3-2-4-16(12-15)19(25)22-17-5-6-17/h2-4,11-12,17H,5-10,13H2,1H3,(H,22,25). The van der Waals surface area contributed by atoms with Crippen LogP contribution in [0, 0.1) is 6.92 Å². The Morgan fingerprint density at radius 3 is 2.85 bits per heavy atom. The zero-order valence-corrected chi connectivity index (χ0v) is 16.3. The number of aryl methyl sites for hydroxylation is 1. The number of rotatable bonds is 6. The number of ether oxygens (including phenoxy) is 1. The van der Waals surface area contributed by atoms with Gasteiger partial charge < -0.3 is 15.0 Å². The molecule has 1 amide bonds. The van der Waals surface area contributed by atoms with E-state index in [0.29, 0.717) is 6.04 Å². The Hall–Kier alpha value is -2.12. The van der Waals surface area contributed by atoms with Crippen LogP contribution in [0.3, 0.4) is 0 Å². The summed E-state index contributed by atoms with van der Waals surface area (Å²) in [5, 5.41) is 3.80. The third-order valence-corrected chi connectivity index (χ3v) is 5.54. The summed E-state index contributed by atoms with van der Waals surface area (Å²) >= 11 is 1.60. The van der Waals surface area contributed by atoms with E-state index in [1.165, 1.54) is 0 Å². The van der Waals surface area contributed by atoms with Crippen LogP contribution in [0.4, 0.5) is 5.82 Å². The number of hydrogen-bond acceptors (Lipinski definition) is 6. The number of benzene rings is 1. The van der Waals surface area contributed by atoms with Gasteiger partial charge in [0.2, 0.25) is 0 Å². The summed E-state index contributed by atoms with van der Waals surface area (Å²) in [4.78, 5) is 23.8. The average Bonchev–Trinajstić information content (AvgIpc) is 3.51. The number of morpholine rings is 1. The van der Waals surface area contributed by atoms with E-state index in [0.717, 1.165) is 72.7 Å². The molecule has 2 fully saturated rings. The van der Waals surface area contributed by atoms with E-state index in [9.17, 15) is 4.79 Å². The number of carbonyl (C=O) groups excluding carboxylic acids is 1. The molecule has 0 spiro atoms. The number of amides is 1. The average molecular weight is 385 g/mol. The molecular weight excluding hydrogens is 360 g/mol. The molecule has 1 aromatic heterocycles. The minimum atomic E-state index is 0.0192. The fourth-order valence-corrected chi connectivity index (χ4v) is 3.83. The number of anilines is 1. The van der Waals surface area contributed by atoms with Crippen LogP contribution >= 0.6 is 11.8 Å². The second-order valence-electron chi connectivity index (χ2n) is 6.99. The van der Waals surface area contributed by atoms with E-state index in [2.05, 4.69) is 15.2 Å². The molecule has 1 aliphatic heterocycles. The SMILES string of the molecule is Cc1cc(N2CCOCC2)nc(SCc2cccc(C(=O)NC3CC3)c2)n1. The van der Waals surface area contributed by atoms with Gasteiger partial charge in [0.15, 0.2) is 5.16 Å². The number of nitrogens with one attached hydrogen (secondary N) is 1. The first kappa shape index (κ1) is 18.3. The normalized spacial score (nSPS) is 17.0. The van der Waals surface area contributed by atoms with Gasteiger partial charge in [0.05, 0.1) is 13.2 Å². The van der Waals surface area contributed by atoms with Crippen LogP contribution in [0.5, 0.6) is 0 Å². The van der Waals surface area contributed by atoms with Crippen LogP contribution < -0.4 is 10.2 Å². The van der Waals surface area contributed by atoms with Gasteiger partial charge in [-0.3, -0.25) is 4.79 Å². The van der Waals surface area contributed by atoms with Crippen LogP contribution in [0.2, 0.25) is 0 Å². The van der Waals surface area contributed by atoms with Gasteiger partial charge in [-0.2, -0.15) is 0 Å². The Bertz CT molecular complexity index is 819. The van der Waals surface area contributed by atoms with Crippen molar-refractivity contribution in [2.75, 3.05) is 31.2 Å². The molecular formula is C20H24N4O2S. The monoisotopic (exact) mass is 384 g/mol. The molecule has 1 saturated carbocycles. The highest BCUT2D eigenvalue weighted by Crippen LogP contribution is 2.24. The van der Waals surface area contributed by atoms with Crippen molar-refractivity contribution in [1.82, 2.24) is 15.3 Å². The van der Waals surface area contributed by atoms with Gasteiger partial charge in [-0.1, -0.05) is 23.9 Å². The fourth-order valence-electron chi connectivity index (χ4n) is 2.99. The lowest BCUT2D eigenvalue weighted by Gasteiger charge is -2.28. The van der Waals surface area contributed by atoms with Gasteiger partial charge >= 0.3 is 0 Å². The lowest BCUT2D eigenvalue weighted by molar-refractivity contribution is 0.0951. The largest absolute Gasteiger partial charge is 0.378 e. The Kier molecular flexibility index (Phi) is 5.59. The highest BCUT2D eigenvalue weighted by atomic mass is 32.2. The van der Waals surface area contributed by atoms with Gasteiger partial charge in [0.25, 0.3) is 5.91 Å². The summed E-state index contributed by atoms with van der Waals surface area (Å²) in [7, 11) is 0. The van der Waals surface area contributed by atoms with E-state index in [1.807, 2.05) is 37.3 Å². The molecule has 2 heterocycles. The Labute approximate surface area is 163 Å². The summed E-state index contributed by atoms with van der Waals surface area (Å²) < 4.78 is 5.42. The Balaban J connectivity index is 1.42. The number of carbonyl (C=O) groups is 1. The summed E-state index contributed by atoms with van der Waals surface area (Å²) in [5.74, 6) is 1.72. The van der Waals surface area contributed by atoms with Crippen LogP contribution in [-0.2, 0) is 10.5 Å².